The maximum absolute atomic E-state index is 2.59. The van der Waals surface area contributed by atoms with Crippen LogP contribution in [0.15, 0.2) is 0 Å². The number of piperidine rings is 1. The molecule has 0 aliphatic carbocycles. The molecule has 0 aromatic heterocycles. The predicted octanol–water partition coefficient (Wildman–Crippen LogP) is 1.24. The Kier molecular flexibility index (Phi) is 0.663. The molecule has 0 aromatic carbocycles. The largest absolute Gasteiger partial charge is 0.292 e. The van der Waals surface area contributed by atoms with Crippen LogP contribution in [0.1, 0.15) is 26.7 Å². The van der Waals surface area contributed by atoms with E-state index >= 15 is 0 Å². The average molecular weight is 111 g/mol. The highest BCUT2D eigenvalue weighted by Gasteiger charge is 2.57. The second-order valence-electron chi connectivity index (χ2n) is 3.51. The van der Waals surface area contributed by atoms with Crippen LogP contribution < -0.4 is 0 Å². The molecule has 2 heterocycles. The smallest absolute Gasteiger partial charge is 0.0312 e. The van der Waals surface area contributed by atoms with Gasteiger partial charge in [0.1, 0.15) is 0 Å². The first-order valence-electron chi connectivity index (χ1n) is 3.49. The summed E-state index contributed by atoms with van der Waals surface area (Å²) in [5, 5.41) is 0. The van der Waals surface area contributed by atoms with E-state index in [9.17, 15) is 0 Å². The zero-order valence-electron chi connectivity index (χ0n) is 5.65. The van der Waals surface area contributed by atoms with Crippen molar-refractivity contribution < 1.29 is 0 Å². The fraction of sp³-hybridized carbons (Fsp3) is 1.00. The molecule has 2 atom stereocenters. The van der Waals surface area contributed by atoms with Gasteiger partial charge in [0, 0.05) is 11.6 Å². The third kappa shape index (κ3) is 0.368. The lowest BCUT2D eigenvalue weighted by Crippen LogP contribution is -2.11. The molecule has 0 aromatic rings. The SMILES string of the molecule is CC1(C)C2CCCN21. The summed E-state index contributed by atoms with van der Waals surface area (Å²) in [6.45, 7) is 6.05. The lowest BCUT2D eigenvalue weighted by atomic mass is 10.1. The molecule has 46 valence electrons. The monoisotopic (exact) mass is 111 g/mol. The van der Waals surface area contributed by atoms with Crippen molar-refractivity contribution in [2.24, 2.45) is 0 Å². The molecule has 0 saturated carbocycles. The standard InChI is InChI=1S/C7H13N/c1-7(2)6-4-3-5-8(6)7/h6H,3-5H2,1-2H3. The first-order chi connectivity index (χ1) is 3.73. The lowest BCUT2D eigenvalue weighted by molar-refractivity contribution is 0.460. The van der Waals surface area contributed by atoms with Crippen molar-refractivity contribution in [2.45, 2.75) is 38.3 Å². The highest BCUT2D eigenvalue weighted by molar-refractivity contribution is 5.13. The van der Waals surface area contributed by atoms with Crippen LogP contribution in [0.4, 0.5) is 0 Å². The van der Waals surface area contributed by atoms with Crippen LogP contribution in [0.3, 0.4) is 0 Å². The molecule has 2 saturated heterocycles. The zero-order valence-corrected chi connectivity index (χ0v) is 5.65. The van der Waals surface area contributed by atoms with Crippen LogP contribution in [0.5, 0.6) is 0 Å². The van der Waals surface area contributed by atoms with E-state index < -0.39 is 0 Å². The van der Waals surface area contributed by atoms with Gasteiger partial charge >= 0.3 is 0 Å². The fourth-order valence-corrected chi connectivity index (χ4v) is 2.06. The van der Waals surface area contributed by atoms with Gasteiger partial charge in [-0.25, -0.2) is 0 Å². The van der Waals surface area contributed by atoms with Gasteiger partial charge in [-0.2, -0.15) is 0 Å². The van der Waals surface area contributed by atoms with E-state index in [2.05, 4.69) is 18.7 Å². The van der Waals surface area contributed by atoms with Crippen molar-refractivity contribution in [3.05, 3.63) is 0 Å². The predicted molar refractivity (Wildman–Crippen MR) is 33.8 cm³/mol. The Hall–Kier alpha value is -0.0400. The van der Waals surface area contributed by atoms with Crippen molar-refractivity contribution in [2.75, 3.05) is 6.54 Å². The molecule has 0 amide bonds. The summed E-state index contributed by atoms with van der Waals surface area (Å²) in [4.78, 5) is 2.59. The molecule has 0 radical (unpaired) electrons. The summed E-state index contributed by atoms with van der Waals surface area (Å²) in [5.74, 6) is 0. The number of hydrogen-bond acceptors (Lipinski definition) is 1. The van der Waals surface area contributed by atoms with Gasteiger partial charge in [0.25, 0.3) is 0 Å². The number of rotatable bonds is 0. The Morgan fingerprint density at radius 2 is 2.25 bits per heavy atom. The molecule has 1 nitrogen and oxygen atoms in total. The topological polar surface area (TPSA) is 3.01 Å². The normalized spacial score (nSPS) is 48.8. The molecule has 2 aliphatic heterocycles. The van der Waals surface area contributed by atoms with Crippen LogP contribution in [0.25, 0.3) is 0 Å². The van der Waals surface area contributed by atoms with Crippen molar-refractivity contribution in [3.8, 4) is 0 Å². The lowest BCUT2D eigenvalue weighted by Gasteiger charge is -2.04. The maximum atomic E-state index is 2.59. The third-order valence-corrected chi connectivity index (χ3v) is 2.74. The van der Waals surface area contributed by atoms with Gasteiger partial charge in [-0.3, -0.25) is 4.90 Å². The summed E-state index contributed by atoms with van der Waals surface area (Å²) in [5.41, 5.74) is 0.595. The average Bonchev–Trinajstić information content (AvgIpc) is 2.22. The van der Waals surface area contributed by atoms with Gasteiger partial charge in [-0.1, -0.05) is 0 Å². The van der Waals surface area contributed by atoms with E-state index in [1.807, 2.05) is 0 Å². The maximum Gasteiger partial charge on any atom is 0.0312 e. The first-order valence-corrected chi connectivity index (χ1v) is 3.49. The van der Waals surface area contributed by atoms with Crippen LogP contribution in [0.2, 0.25) is 0 Å². The van der Waals surface area contributed by atoms with E-state index in [1.165, 1.54) is 19.4 Å². The number of hydrogen-bond donors (Lipinski definition) is 0. The minimum Gasteiger partial charge on any atom is -0.292 e. The zero-order chi connectivity index (χ0) is 5.78. The Morgan fingerprint density at radius 1 is 1.50 bits per heavy atom. The molecule has 0 spiro atoms. The molecule has 2 rings (SSSR count). The van der Waals surface area contributed by atoms with E-state index in [0.29, 0.717) is 5.54 Å². The van der Waals surface area contributed by atoms with E-state index in [4.69, 9.17) is 0 Å². The highest BCUT2D eigenvalue weighted by Crippen LogP contribution is 2.47. The van der Waals surface area contributed by atoms with Gasteiger partial charge in [0.05, 0.1) is 0 Å². The van der Waals surface area contributed by atoms with Gasteiger partial charge in [0.15, 0.2) is 0 Å². The van der Waals surface area contributed by atoms with Gasteiger partial charge in [0.2, 0.25) is 0 Å². The van der Waals surface area contributed by atoms with Crippen LogP contribution >= 0.6 is 0 Å². The third-order valence-electron chi connectivity index (χ3n) is 2.74. The highest BCUT2D eigenvalue weighted by atomic mass is 15.4. The molecule has 0 bridgehead atoms. The van der Waals surface area contributed by atoms with E-state index in [1.54, 1.807) is 0 Å². The number of fused-ring (bicyclic) bond motifs is 1. The van der Waals surface area contributed by atoms with Gasteiger partial charge < -0.3 is 0 Å². The summed E-state index contributed by atoms with van der Waals surface area (Å²) < 4.78 is 0. The molecule has 2 fully saturated rings. The van der Waals surface area contributed by atoms with Crippen molar-refractivity contribution in [1.29, 1.82) is 0 Å². The van der Waals surface area contributed by atoms with E-state index in [0.717, 1.165) is 6.04 Å². The summed E-state index contributed by atoms with van der Waals surface area (Å²) in [7, 11) is 0. The summed E-state index contributed by atoms with van der Waals surface area (Å²) in [6, 6.07) is 0.961. The molecular weight excluding hydrogens is 98.1 g/mol. The molecule has 1 heteroatoms. The quantitative estimate of drug-likeness (QED) is 0.425. The van der Waals surface area contributed by atoms with Crippen LogP contribution in [0, 0.1) is 0 Å². The second kappa shape index (κ2) is 1.10. The van der Waals surface area contributed by atoms with Crippen molar-refractivity contribution >= 4 is 0 Å². The second-order valence-corrected chi connectivity index (χ2v) is 3.51. The van der Waals surface area contributed by atoms with Crippen LogP contribution in [-0.2, 0) is 0 Å². The van der Waals surface area contributed by atoms with Crippen molar-refractivity contribution in [1.82, 2.24) is 4.90 Å². The molecule has 2 unspecified atom stereocenters. The minimum atomic E-state index is 0.595. The molecule has 0 N–H and O–H groups in total. The van der Waals surface area contributed by atoms with Crippen molar-refractivity contribution in [3.63, 3.8) is 0 Å². The van der Waals surface area contributed by atoms with Gasteiger partial charge in [-0.15, -0.1) is 0 Å². The molecule has 8 heavy (non-hydrogen) atoms. The van der Waals surface area contributed by atoms with E-state index in [-0.39, 0.29) is 0 Å². The first kappa shape index (κ1) is 4.80. The Labute approximate surface area is 50.7 Å². The fourth-order valence-electron chi connectivity index (χ4n) is 2.06. The number of nitrogens with zero attached hydrogens (tertiary/aromatic N) is 1. The summed E-state index contributed by atoms with van der Waals surface area (Å²) >= 11 is 0. The molecular formula is C7H13N. The molecule has 2 aliphatic rings. The Bertz CT molecular complexity index is 106. The van der Waals surface area contributed by atoms with Crippen LogP contribution in [-0.4, -0.2) is 23.0 Å². The Balaban J connectivity index is 2.13. The Morgan fingerprint density at radius 3 is 2.50 bits per heavy atom. The minimum absolute atomic E-state index is 0.595. The van der Waals surface area contributed by atoms with Gasteiger partial charge in [-0.05, 0) is 33.2 Å². The summed E-state index contributed by atoms with van der Waals surface area (Å²) in [6.07, 6.45) is 2.89.